The van der Waals surface area contributed by atoms with Crippen LogP contribution in [0.1, 0.15) is 45.1 Å². The van der Waals surface area contributed by atoms with E-state index in [1.54, 1.807) is 12.1 Å². The van der Waals surface area contributed by atoms with Gasteiger partial charge in [-0.25, -0.2) is 8.42 Å². The number of hydrogen-bond donors (Lipinski definition) is 2. The Balaban J connectivity index is 2.97. The van der Waals surface area contributed by atoms with Gasteiger partial charge in [0.05, 0.1) is 4.90 Å². The number of nitrogens with two attached hydrogens (primary N) is 1. The molecule has 6 heteroatoms. The molecule has 1 rings (SSSR count). The minimum Gasteiger partial charge on any atom is -0.257 e. The van der Waals surface area contributed by atoms with E-state index in [0.717, 1.165) is 12.8 Å². The largest absolute Gasteiger partial charge is 0.257 e. The lowest BCUT2D eigenvalue weighted by Crippen LogP contribution is -2.30. The van der Waals surface area contributed by atoms with Crippen molar-refractivity contribution in [2.75, 3.05) is 0 Å². The first-order chi connectivity index (χ1) is 8.69. The van der Waals surface area contributed by atoms with E-state index in [9.17, 15) is 8.42 Å². The zero-order valence-corrected chi connectivity index (χ0v) is 14.5. The summed E-state index contributed by atoms with van der Waals surface area (Å²) in [4.78, 5) is 2.03. The van der Waals surface area contributed by atoms with Crippen LogP contribution in [0.5, 0.6) is 0 Å². The van der Waals surface area contributed by atoms with Crippen molar-refractivity contribution in [2.24, 2.45) is 5.84 Å². The van der Waals surface area contributed by atoms with Gasteiger partial charge in [-0.05, 0) is 36.5 Å². The molecule has 0 bridgehead atoms. The molecule has 108 valence electrons. The van der Waals surface area contributed by atoms with Crippen LogP contribution in [0.25, 0.3) is 0 Å². The quantitative estimate of drug-likeness (QED) is 0.336. The maximum Gasteiger partial charge on any atom is 0.253 e. The van der Waals surface area contributed by atoms with Crippen LogP contribution in [-0.2, 0) is 10.0 Å². The SMILES string of the molecule is CCC(CC(C)(C)I)c1ccc(S(=O)(=O)NN)cc1. The molecule has 1 unspecified atom stereocenters. The third-order valence-corrected chi connectivity index (χ3v) is 4.69. The second kappa shape index (κ2) is 6.51. The molecule has 4 nitrogen and oxygen atoms in total. The fourth-order valence-electron chi connectivity index (χ4n) is 2.07. The Morgan fingerprint density at radius 1 is 1.32 bits per heavy atom. The summed E-state index contributed by atoms with van der Waals surface area (Å²) in [6, 6.07) is 6.96. The van der Waals surface area contributed by atoms with Gasteiger partial charge in [-0.3, -0.25) is 5.84 Å². The summed E-state index contributed by atoms with van der Waals surface area (Å²) in [5.41, 5.74) is 1.17. The Morgan fingerprint density at radius 2 is 1.84 bits per heavy atom. The first-order valence-electron chi connectivity index (χ1n) is 6.21. The van der Waals surface area contributed by atoms with Crippen LogP contribution in [0, 0.1) is 0 Å². The van der Waals surface area contributed by atoms with Gasteiger partial charge in [-0.1, -0.05) is 55.5 Å². The van der Waals surface area contributed by atoms with E-state index in [-0.39, 0.29) is 8.32 Å². The molecule has 1 aromatic carbocycles. The second-order valence-corrected chi connectivity index (χ2v) is 9.85. The van der Waals surface area contributed by atoms with Crippen molar-refractivity contribution >= 4 is 32.6 Å². The standard InChI is InChI=1S/C13H21IN2O2S/c1-4-10(9-13(2,3)14)11-5-7-12(8-6-11)19(17,18)16-15/h5-8,10,16H,4,9,15H2,1-3H3. The molecule has 19 heavy (non-hydrogen) atoms. The molecule has 0 saturated carbocycles. The maximum atomic E-state index is 11.5. The molecule has 0 aliphatic rings. The summed E-state index contributed by atoms with van der Waals surface area (Å²) in [5.74, 6) is 5.45. The molecule has 0 heterocycles. The topological polar surface area (TPSA) is 72.2 Å². The van der Waals surface area contributed by atoms with E-state index in [0.29, 0.717) is 5.92 Å². The van der Waals surface area contributed by atoms with Crippen LogP contribution in [0.4, 0.5) is 0 Å². The summed E-state index contributed by atoms with van der Waals surface area (Å²) in [6.07, 6.45) is 2.10. The molecular formula is C13H21IN2O2S. The molecule has 3 N–H and O–H groups in total. The Hall–Kier alpha value is -0.180. The van der Waals surface area contributed by atoms with Crippen LogP contribution in [0.15, 0.2) is 29.2 Å². The predicted octanol–water partition coefficient (Wildman–Crippen LogP) is 2.94. The average molecular weight is 396 g/mol. The monoisotopic (exact) mass is 396 g/mol. The zero-order valence-electron chi connectivity index (χ0n) is 11.5. The lowest BCUT2D eigenvalue weighted by molar-refractivity contribution is 0.539. The number of hydrogen-bond acceptors (Lipinski definition) is 3. The van der Waals surface area contributed by atoms with Gasteiger partial charge < -0.3 is 0 Å². The van der Waals surface area contributed by atoms with Crippen LogP contribution >= 0.6 is 22.6 Å². The molecule has 1 aromatic rings. The first-order valence-corrected chi connectivity index (χ1v) is 8.77. The number of benzene rings is 1. The van der Waals surface area contributed by atoms with Crippen molar-refractivity contribution in [1.29, 1.82) is 0 Å². The molecule has 0 fully saturated rings. The minimum absolute atomic E-state index is 0.197. The number of halogens is 1. The van der Waals surface area contributed by atoms with E-state index in [4.69, 9.17) is 5.84 Å². The van der Waals surface area contributed by atoms with Crippen molar-refractivity contribution in [3.63, 3.8) is 0 Å². The highest BCUT2D eigenvalue weighted by Crippen LogP contribution is 2.34. The van der Waals surface area contributed by atoms with Gasteiger partial charge in [0.2, 0.25) is 0 Å². The first kappa shape index (κ1) is 16.9. The van der Waals surface area contributed by atoms with Crippen LogP contribution in [0.2, 0.25) is 0 Å². The second-order valence-electron chi connectivity index (χ2n) is 5.22. The zero-order chi connectivity index (χ0) is 14.7. The highest BCUT2D eigenvalue weighted by molar-refractivity contribution is 14.1. The summed E-state index contributed by atoms with van der Waals surface area (Å²) in [7, 11) is -3.56. The third-order valence-electron chi connectivity index (χ3n) is 3.04. The van der Waals surface area contributed by atoms with Crippen LogP contribution < -0.4 is 10.7 Å². The molecule has 0 spiro atoms. The Morgan fingerprint density at radius 3 is 2.21 bits per heavy atom. The number of alkyl halides is 1. The average Bonchev–Trinajstić information content (AvgIpc) is 2.35. The van der Waals surface area contributed by atoms with Gasteiger partial charge in [0.15, 0.2) is 0 Å². The highest BCUT2D eigenvalue weighted by atomic mass is 127. The predicted molar refractivity (Wildman–Crippen MR) is 86.7 cm³/mol. The van der Waals surface area contributed by atoms with Gasteiger partial charge in [-0.15, -0.1) is 0 Å². The number of rotatable bonds is 6. The van der Waals surface area contributed by atoms with Crippen molar-refractivity contribution in [2.45, 2.75) is 47.8 Å². The molecule has 0 aromatic heterocycles. The number of nitrogens with one attached hydrogen (secondary N) is 1. The number of sulfonamides is 1. The van der Waals surface area contributed by atoms with E-state index >= 15 is 0 Å². The minimum atomic E-state index is -3.56. The lowest BCUT2D eigenvalue weighted by Gasteiger charge is -2.24. The molecule has 0 amide bonds. The van der Waals surface area contributed by atoms with E-state index in [1.165, 1.54) is 5.56 Å². The van der Waals surface area contributed by atoms with Gasteiger partial charge in [0.1, 0.15) is 0 Å². The molecular weight excluding hydrogens is 375 g/mol. The lowest BCUT2D eigenvalue weighted by atomic mass is 9.88. The van der Waals surface area contributed by atoms with Gasteiger partial charge in [0, 0.05) is 3.42 Å². The molecule has 0 aliphatic carbocycles. The smallest absolute Gasteiger partial charge is 0.253 e. The molecule has 0 aliphatic heterocycles. The Labute approximate surface area is 129 Å². The molecule has 1 atom stereocenters. The summed E-state index contributed by atoms with van der Waals surface area (Å²) < 4.78 is 23.3. The number of hydrazine groups is 1. The molecule has 0 radical (unpaired) electrons. The fraction of sp³-hybridized carbons (Fsp3) is 0.538. The third kappa shape index (κ3) is 5.02. The highest BCUT2D eigenvalue weighted by Gasteiger charge is 2.21. The Kier molecular flexibility index (Phi) is 5.78. The maximum absolute atomic E-state index is 11.5. The van der Waals surface area contributed by atoms with Crippen LogP contribution in [-0.4, -0.2) is 11.8 Å². The van der Waals surface area contributed by atoms with E-state index in [2.05, 4.69) is 43.4 Å². The van der Waals surface area contributed by atoms with Gasteiger partial charge >= 0.3 is 0 Å². The Bertz CT molecular complexity index is 506. The van der Waals surface area contributed by atoms with Crippen LogP contribution in [0.3, 0.4) is 0 Å². The van der Waals surface area contributed by atoms with Crippen molar-refractivity contribution in [3.05, 3.63) is 29.8 Å². The summed E-state index contributed by atoms with van der Waals surface area (Å²) in [6.45, 7) is 6.56. The van der Waals surface area contributed by atoms with Crippen molar-refractivity contribution in [1.82, 2.24) is 4.83 Å². The van der Waals surface area contributed by atoms with E-state index < -0.39 is 10.0 Å². The normalized spacial score (nSPS) is 14.4. The van der Waals surface area contributed by atoms with Gasteiger partial charge in [0.25, 0.3) is 10.0 Å². The summed E-state index contributed by atoms with van der Waals surface area (Å²) >= 11 is 2.45. The summed E-state index contributed by atoms with van der Waals surface area (Å²) in [5, 5.41) is 0. The molecule has 0 saturated heterocycles. The van der Waals surface area contributed by atoms with Gasteiger partial charge in [-0.2, -0.15) is 4.83 Å². The van der Waals surface area contributed by atoms with E-state index in [1.807, 2.05) is 17.0 Å². The van der Waals surface area contributed by atoms with Crippen molar-refractivity contribution < 1.29 is 8.42 Å². The van der Waals surface area contributed by atoms with Crippen molar-refractivity contribution in [3.8, 4) is 0 Å². The fourth-order valence-corrected chi connectivity index (χ4v) is 3.23.